The van der Waals surface area contributed by atoms with Gasteiger partial charge in [0.05, 0.1) is 11.5 Å². The van der Waals surface area contributed by atoms with Crippen molar-refractivity contribution in [1.82, 2.24) is 10.2 Å². The molecule has 0 aliphatic carbocycles. The van der Waals surface area contributed by atoms with Crippen LogP contribution in [0, 0.1) is 5.41 Å². The minimum absolute atomic E-state index is 0.104. The largest absolute Gasteiger partial charge is 0.491 e. The summed E-state index contributed by atoms with van der Waals surface area (Å²) in [6, 6.07) is 8.18. The highest BCUT2D eigenvalue weighted by Gasteiger charge is 2.46. The highest BCUT2D eigenvalue weighted by molar-refractivity contribution is 5.83. The van der Waals surface area contributed by atoms with Crippen molar-refractivity contribution in [2.45, 2.75) is 45.6 Å². The van der Waals surface area contributed by atoms with Crippen molar-refractivity contribution in [3.05, 3.63) is 29.8 Å². The van der Waals surface area contributed by atoms with Crippen LogP contribution in [0.4, 0.5) is 0 Å². The third kappa shape index (κ3) is 3.86. The second kappa shape index (κ2) is 6.91. The van der Waals surface area contributed by atoms with Gasteiger partial charge in [-0.1, -0.05) is 12.1 Å². The Kier molecular flexibility index (Phi) is 4.90. The lowest BCUT2D eigenvalue weighted by molar-refractivity contribution is -0.131. The Morgan fingerprint density at radius 1 is 1.26 bits per heavy atom. The first-order valence-corrected chi connectivity index (χ1v) is 8.84. The first kappa shape index (κ1) is 16.3. The van der Waals surface area contributed by atoms with E-state index in [9.17, 15) is 4.79 Å². The summed E-state index contributed by atoms with van der Waals surface area (Å²) in [5.41, 5.74) is 1.13. The van der Waals surface area contributed by atoms with Gasteiger partial charge >= 0.3 is 0 Å². The zero-order valence-corrected chi connectivity index (χ0v) is 14.3. The molecule has 2 heterocycles. The van der Waals surface area contributed by atoms with Gasteiger partial charge in [0.2, 0.25) is 5.91 Å². The number of hydrogen-bond acceptors (Lipinski definition) is 3. The van der Waals surface area contributed by atoms with E-state index in [1.807, 2.05) is 26.0 Å². The molecule has 2 bridgehead atoms. The lowest BCUT2D eigenvalue weighted by Gasteiger charge is -2.32. The van der Waals surface area contributed by atoms with Crippen LogP contribution in [0.5, 0.6) is 5.75 Å². The second-order valence-corrected chi connectivity index (χ2v) is 7.23. The minimum atomic E-state index is -0.104. The van der Waals surface area contributed by atoms with Crippen LogP contribution >= 0.6 is 0 Å². The molecule has 1 aromatic carbocycles. The summed E-state index contributed by atoms with van der Waals surface area (Å²) in [4.78, 5) is 15.0. The summed E-state index contributed by atoms with van der Waals surface area (Å²) in [6.07, 6.45) is 4.30. The Morgan fingerprint density at radius 2 is 2.04 bits per heavy atom. The molecule has 2 unspecified atom stereocenters. The van der Waals surface area contributed by atoms with Crippen LogP contribution in [0.15, 0.2) is 24.3 Å². The summed E-state index contributed by atoms with van der Waals surface area (Å²) < 4.78 is 5.65. The molecule has 4 nitrogen and oxygen atoms in total. The number of nitrogens with zero attached hydrogens (tertiary/aromatic N) is 1. The maximum absolute atomic E-state index is 12.6. The molecule has 1 amide bonds. The van der Waals surface area contributed by atoms with E-state index in [4.69, 9.17) is 4.74 Å². The SMILES string of the molecule is CC(C)Oc1ccc(CCNC(=O)C23CCCN(CC2)C3)cc1. The van der Waals surface area contributed by atoms with Crippen LogP contribution in [0.25, 0.3) is 0 Å². The number of benzene rings is 1. The Bertz CT molecular complexity index is 537. The fourth-order valence-electron chi connectivity index (χ4n) is 3.81. The number of carbonyl (C=O) groups is 1. The fraction of sp³-hybridized carbons (Fsp3) is 0.632. The Labute approximate surface area is 139 Å². The van der Waals surface area contributed by atoms with Crippen LogP contribution in [0.3, 0.4) is 0 Å². The maximum atomic E-state index is 12.6. The first-order chi connectivity index (χ1) is 11.1. The van der Waals surface area contributed by atoms with Crippen molar-refractivity contribution in [1.29, 1.82) is 0 Å². The molecular formula is C19H28N2O2. The molecule has 2 aliphatic rings. The van der Waals surface area contributed by atoms with Crippen molar-refractivity contribution < 1.29 is 9.53 Å². The fourth-order valence-corrected chi connectivity index (χ4v) is 3.81. The second-order valence-electron chi connectivity index (χ2n) is 7.23. The normalized spacial score (nSPS) is 26.3. The van der Waals surface area contributed by atoms with E-state index in [-0.39, 0.29) is 17.4 Å². The van der Waals surface area contributed by atoms with Crippen LogP contribution in [0.1, 0.15) is 38.7 Å². The summed E-state index contributed by atoms with van der Waals surface area (Å²) in [5, 5.41) is 3.17. The Morgan fingerprint density at radius 3 is 2.78 bits per heavy atom. The van der Waals surface area contributed by atoms with Gasteiger partial charge in [0.25, 0.3) is 0 Å². The Hall–Kier alpha value is -1.55. The van der Waals surface area contributed by atoms with Gasteiger partial charge in [-0.3, -0.25) is 4.79 Å². The number of hydrogen-bond donors (Lipinski definition) is 1. The lowest BCUT2D eigenvalue weighted by Crippen LogP contribution is -2.46. The van der Waals surface area contributed by atoms with Gasteiger partial charge in [-0.15, -0.1) is 0 Å². The van der Waals surface area contributed by atoms with E-state index >= 15 is 0 Å². The molecule has 2 aliphatic heterocycles. The number of carbonyl (C=O) groups excluding carboxylic acids is 1. The zero-order chi connectivity index (χ0) is 16.3. The molecule has 2 atom stereocenters. The molecule has 2 saturated heterocycles. The third-order valence-corrected chi connectivity index (χ3v) is 5.04. The third-order valence-electron chi connectivity index (χ3n) is 5.04. The van der Waals surface area contributed by atoms with E-state index in [1.165, 1.54) is 12.1 Å². The van der Waals surface area contributed by atoms with Gasteiger partial charge in [0.1, 0.15) is 5.75 Å². The summed E-state index contributed by atoms with van der Waals surface area (Å²) in [6.45, 7) is 7.98. The van der Waals surface area contributed by atoms with Crippen LogP contribution < -0.4 is 10.1 Å². The van der Waals surface area contributed by atoms with Gasteiger partial charge in [0.15, 0.2) is 0 Å². The molecule has 0 aromatic heterocycles. The molecule has 3 rings (SSSR count). The van der Waals surface area contributed by atoms with E-state index in [0.29, 0.717) is 6.54 Å². The number of nitrogens with one attached hydrogen (secondary N) is 1. The standard InChI is InChI=1S/C19H28N2O2/c1-15(2)23-17-6-4-16(5-7-17)8-11-20-18(22)19-9-3-12-21(14-19)13-10-19/h4-7,15H,3,8-14H2,1-2H3,(H,20,22). The summed E-state index contributed by atoms with van der Waals surface area (Å²) >= 11 is 0. The lowest BCUT2D eigenvalue weighted by atomic mass is 9.80. The molecule has 0 saturated carbocycles. The van der Waals surface area contributed by atoms with Gasteiger partial charge in [-0.05, 0) is 70.3 Å². The van der Waals surface area contributed by atoms with Crippen molar-refractivity contribution >= 4 is 5.91 Å². The van der Waals surface area contributed by atoms with Gasteiger partial charge in [-0.2, -0.15) is 0 Å². The van der Waals surface area contributed by atoms with E-state index in [0.717, 1.165) is 44.5 Å². The number of piperidine rings is 1. The van der Waals surface area contributed by atoms with Gasteiger partial charge in [-0.25, -0.2) is 0 Å². The maximum Gasteiger partial charge on any atom is 0.227 e. The molecular weight excluding hydrogens is 288 g/mol. The quantitative estimate of drug-likeness (QED) is 0.877. The Balaban J connectivity index is 1.46. The molecule has 4 heteroatoms. The van der Waals surface area contributed by atoms with E-state index < -0.39 is 0 Å². The molecule has 0 spiro atoms. The van der Waals surface area contributed by atoms with Crippen molar-refractivity contribution in [3.63, 3.8) is 0 Å². The highest BCUT2D eigenvalue weighted by atomic mass is 16.5. The highest BCUT2D eigenvalue weighted by Crippen LogP contribution is 2.39. The number of fused-ring (bicyclic) bond motifs is 2. The molecule has 1 aromatic rings. The predicted molar refractivity (Wildman–Crippen MR) is 91.6 cm³/mol. The van der Waals surface area contributed by atoms with Crippen LogP contribution in [0.2, 0.25) is 0 Å². The van der Waals surface area contributed by atoms with Gasteiger partial charge in [0, 0.05) is 13.1 Å². The number of ether oxygens (including phenoxy) is 1. The topological polar surface area (TPSA) is 41.6 Å². The predicted octanol–water partition coefficient (Wildman–Crippen LogP) is 2.62. The zero-order valence-electron chi connectivity index (χ0n) is 14.3. The number of amides is 1. The van der Waals surface area contributed by atoms with Crippen LogP contribution in [-0.4, -0.2) is 43.1 Å². The summed E-state index contributed by atoms with van der Waals surface area (Å²) in [7, 11) is 0. The average Bonchev–Trinajstić information content (AvgIpc) is 2.84. The van der Waals surface area contributed by atoms with Crippen LogP contribution in [-0.2, 0) is 11.2 Å². The molecule has 1 N–H and O–H groups in total. The van der Waals surface area contributed by atoms with Crippen molar-refractivity contribution in [3.8, 4) is 5.75 Å². The molecule has 126 valence electrons. The number of rotatable bonds is 6. The molecule has 23 heavy (non-hydrogen) atoms. The van der Waals surface area contributed by atoms with E-state index in [1.54, 1.807) is 0 Å². The first-order valence-electron chi connectivity index (χ1n) is 8.84. The van der Waals surface area contributed by atoms with Crippen molar-refractivity contribution in [2.75, 3.05) is 26.2 Å². The van der Waals surface area contributed by atoms with Crippen molar-refractivity contribution in [2.24, 2.45) is 5.41 Å². The summed E-state index contributed by atoms with van der Waals surface area (Å²) in [5.74, 6) is 1.17. The molecule has 2 fully saturated rings. The van der Waals surface area contributed by atoms with Gasteiger partial charge < -0.3 is 15.0 Å². The van der Waals surface area contributed by atoms with E-state index in [2.05, 4.69) is 22.3 Å². The smallest absolute Gasteiger partial charge is 0.227 e. The molecule has 0 radical (unpaired) electrons. The monoisotopic (exact) mass is 316 g/mol. The minimum Gasteiger partial charge on any atom is -0.491 e. The average molecular weight is 316 g/mol.